The minimum Gasteiger partial charge on any atom is -0.491 e. The van der Waals surface area contributed by atoms with Gasteiger partial charge in [-0.2, -0.15) is 10.4 Å². The highest BCUT2D eigenvalue weighted by atomic mass is 16.5. The third-order valence-electron chi connectivity index (χ3n) is 5.77. The number of carbonyl (C=O) groups excluding carboxylic acids is 1. The van der Waals surface area contributed by atoms with Gasteiger partial charge in [0.1, 0.15) is 18.0 Å². The fraction of sp³-hybridized carbons (Fsp3) is 0.450. The number of aromatic nitrogens is 2. The third-order valence-corrected chi connectivity index (χ3v) is 5.77. The second-order valence-corrected chi connectivity index (χ2v) is 7.60. The summed E-state index contributed by atoms with van der Waals surface area (Å²) in [6.45, 7) is 1.19. The van der Waals surface area contributed by atoms with Crippen LogP contribution >= 0.6 is 0 Å². The van der Waals surface area contributed by atoms with Gasteiger partial charge in [0, 0.05) is 19.0 Å². The molecular formula is C20H20N4O3. The molecule has 0 bridgehead atoms. The van der Waals surface area contributed by atoms with Gasteiger partial charge < -0.3 is 14.8 Å². The number of hydrogen-bond donors (Lipinski definition) is 1. The highest BCUT2D eigenvalue weighted by molar-refractivity contribution is 5.92. The Hall–Kier alpha value is -3.01. The summed E-state index contributed by atoms with van der Waals surface area (Å²) < 4.78 is 13.6. The minimum atomic E-state index is -0.225. The van der Waals surface area contributed by atoms with Crippen molar-refractivity contribution >= 4 is 5.91 Å². The average Bonchev–Trinajstić information content (AvgIpc) is 3.09. The first-order valence-electron chi connectivity index (χ1n) is 9.38. The number of aryl methyl sites for hydroxylation is 1. The van der Waals surface area contributed by atoms with Crippen LogP contribution in [0.2, 0.25) is 0 Å². The predicted octanol–water partition coefficient (Wildman–Crippen LogP) is 2.19. The van der Waals surface area contributed by atoms with Crippen LogP contribution in [0.25, 0.3) is 0 Å². The van der Waals surface area contributed by atoms with Crippen molar-refractivity contribution in [1.29, 1.82) is 5.26 Å². The lowest BCUT2D eigenvalue weighted by molar-refractivity contribution is -0.0449. The lowest BCUT2D eigenvalue weighted by Gasteiger charge is -2.44. The first-order chi connectivity index (χ1) is 13.1. The van der Waals surface area contributed by atoms with Gasteiger partial charge in [-0.25, -0.2) is 4.68 Å². The van der Waals surface area contributed by atoms with E-state index in [1.807, 2.05) is 12.1 Å². The molecule has 1 saturated carbocycles. The zero-order valence-corrected chi connectivity index (χ0v) is 14.9. The first-order valence-corrected chi connectivity index (χ1v) is 9.38. The number of carbonyl (C=O) groups is 1. The molecule has 1 spiro atoms. The Morgan fingerprint density at radius 2 is 2.22 bits per heavy atom. The fourth-order valence-electron chi connectivity index (χ4n) is 4.07. The monoisotopic (exact) mass is 364 g/mol. The van der Waals surface area contributed by atoms with Crippen LogP contribution in [0.5, 0.6) is 11.6 Å². The van der Waals surface area contributed by atoms with Crippen LogP contribution in [-0.4, -0.2) is 33.9 Å². The van der Waals surface area contributed by atoms with Gasteiger partial charge >= 0.3 is 0 Å². The molecule has 27 heavy (non-hydrogen) atoms. The van der Waals surface area contributed by atoms with E-state index in [9.17, 15) is 4.79 Å². The molecule has 1 amide bonds. The van der Waals surface area contributed by atoms with Gasteiger partial charge in [-0.1, -0.05) is 0 Å². The molecule has 2 aromatic rings. The maximum atomic E-state index is 12.7. The van der Waals surface area contributed by atoms with Gasteiger partial charge in [-0.05, 0) is 49.4 Å². The van der Waals surface area contributed by atoms with Crippen molar-refractivity contribution in [2.45, 2.75) is 50.3 Å². The zero-order chi connectivity index (χ0) is 18.4. The lowest BCUT2D eigenvalue weighted by atomic mass is 9.77. The van der Waals surface area contributed by atoms with Crippen molar-refractivity contribution in [1.82, 2.24) is 15.1 Å². The van der Waals surface area contributed by atoms with Gasteiger partial charge in [-0.3, -0.25) is 4.79 Å². The molecule has 7 nitrogen and oxygen atoms in total. The number of amides is 1. The van der Waals surface area contributed by atoms with E-state index in [4.69, 9.17) is 14.7 Å². The molecule has 2 aliphatic heterocycles. The van der Waals surface area contributed by atoms with Crippen molar-refractivity contribution in [3.63, 3.8) is 0 Å². The van der Waals surface area contributed by atoms with E-state index in [0.717, 1.165) is 37.1 Å². The van der Waals surface area contributed by atoms with Gasteiger partial charge in [0.05, 0.1) is 17.7 Å². The number of hydrogen-bond acceptors (Lipinski definition) is 5. The molecule has 0 saturated heterocycles. The average molecular weight is 364 g/mol. The van der Waals surface area contributed by atoms with Crippen LogP contribution in [0.15, 0.2) is 24.3 Å². The second kappa shape index (κ2) is 6.02. The molecule has 5 rings (SSSR count). The van der Waals surface area contributed by atoms with E-state index in [1.54, 1.807) is 16.8 Å². The van der Waals surface area contributed by atoms with Crippen LogP contribution in [0, 0.1) is 11.3 Å². The number of benzene rings is 1. The Morgan fingerprint density at radius 3 is 3.00 bits per heavy atom. The van der Waals surface area contributed by atoms with E-state index < -0.39 is 0 Å². The number of fused-ring (bicyclic) bond motifs is 2. The summed E-state index contributed by atoms with van der Waals surface area (Å²) in [5, 5.41) is 16.5. The summed E-state index contributed by atoms with van der Waals surface area (Å²) >= 11 is 0. The smallest absolute Gasteiger partial charge is 0.272 e. The van der Waals surface area contributed by atoms with Gasteiger partial charge in [-0.15, -0.1) is 0 Å². The second-order valence-electron chi connectivity index (χ2n) is 7.60. The highest BCUT2D eigenvalue weighted by Gasteiger charge is 2.42. The summed E-state index contributed by atoms with van der Waals surface area (Å²) in [5.41, 5.74) is 1.87. The maximum absolute atomic E-state index is 12.7. The van der Waals surface area contributed by atoms with Crippen molar-refractivity contribution in [3.05, 3.63) is 41.1 Å². The summed E-state index contributed by atoms with van der Waals surface area (Å²) in [4.78, 5) is 12.7. The molecule has 3 heterocycles. The van der Waals surface area contributed by atoms with Crippen molar-refractivity contribution in [3.8, 4) is 17.7 Å². The molecule has 1 aromatic carbocycles. The van der Waals surface area contributed by atoms with Gasteiger partial charge in [0.15, 0.2) is 5.69 Å². The number of rotatable bonds is 2. The Morgan fingerprint density at radius 1 is 1.33 bits per heavy atom. The standard InChI is InChI=1S/C20H20N4O3/c21-11-13-2-3-17-14(8-13)9-15(12-26-17)22-19(25)16-10-18-24(23-16)7-6-20(27-18)4-1-5-20/h2-3,8,10,15H,1,4-7,9,12H2,(H,22,25). The molecule has 1 unspecified atom stereocenters. The normalized spacial score (nSPS) is 21.7. The van der Waals surface area contributed by atoms with Crippen molar-refractivity contribution in [2.75, 3.05) is 6.61 Å². The summed E-state index contributed by atoms with van der Waals surface area (Å²) in [6.07, 6.45) is 4.96. The summed E-state index contributed by atoms with van der Waals surface area (Å²) in [7, 11) is 0. The third kappa shape index (κ3) is 2.81. The van der Waals surface area contributed by atoms with Crippen LogP contribution in [0.4, 0.5) is 0 Å². The Balaban J connectivity index is 1.28. The lowest BCUT2D eigenvalue weighted by Crippen LogP contribution is -2.46. The molecule has 1 aliphatic carbocycles. The number of nitriles is 1. The largest absolute Gasteiger partial charge is 0.491 e. The number of nitrogens with one attached hydrogen (secondary N) is 1. The Kier molecular flexibility index (Phi) is 3.61. The molecule has 1 fully saturated rings. The Labute approximate surface area is 156 Å². The van der Waals surface area contributed by atoms with E-state index in [0.29, 0.717) is 30.2 Å². The molecule has 1 aromatic heterocycles. The maximum Gasteiger partial charge on any atom is 0.272 e. The van der Waals surface area contributed by atoms with E-state index >= 15 is 0 Å². The molecule has 138 valence electrons. The molecule has 1 atom stereocenters. The van der Waals surface area contributed by atoms with Gasteiger partial charge in [0.2, 0.25) is 5.88 Å². The van der Waals surface area contributed by atoms with Crippen LogP contribution < -0.4 is 14.8 Å². The molecular weight excluding hydrogens is 344 g/mol. The molecule has 3 aliphatic rings. The first kappa shape index (κ1) is 16.2. The topological polar surface area (TPSA) is 89.2 Å². The Bertz CT molecular complexity index is 955. The summed E-state index contributed by atoms with van der Waals surface area (Å²) in [5.74, 6) is 1.24. The molecule has 1 N–H and O–H groups in total. The van der Waals surface area contributed by atoms with Crippen LogP contribution in [0.3, 0.4) is 0 Å². The fourth-order valence-corrected chi connectivity index (χ4v) is 4.07. The minimum absolute atomic E-state index is 0.0247. The van der Waals surface area contributed by atoms with Crippen LogP contribution in [-0.2, 0) is 13.0 Å². The van der Waals surface area contributed by atoms with E-state index in [2.05, 4.69) is 16.5 Å². The van der Waals surface area contributed by atoms with Gasteiger partial charge in [0.25, 0.3) is 5.91 Å². The van der Waals surface area contributed by atoms with Crippen LogP contribution in [0.1, 0.15) is 47.3 Å². The number of nitrogens with zero attached hydrogens (tertiary/aromatic N) is 3. The molecule has 7 heteroatoms. The zero-order valence-electron chi connectivity index (χ0n) is 14.9. The molecule has 0 radical (unpaired) electrons. The number of ether oxygens (including phenoxy) is 2. The van der Waals surface area contributed by atoms with E-state index in [1.165, 1.54) is 6.42 Å². The quantitative estimate of drug-likeness (QED) is 0.882. The summed E-state index contributed by atoms with van der Waals surface area (Å²) in [6, 6.07) is 9.07. The SMILES string of the molecule is N#Cc1ccc2c(c1)CC(NC(=O)c1cc3n(n1)CCC1(CCC1)O3)CO2. The van der Waals surface area contributed by atoms with Crippen molar-refractivity contribution in [2.24, 2.45) is 0 Å². The highest BCUT2D eigenvalue weighted by Crippen LogP contribution is 2.42. The van der Waals surface area contributed by atoms with E-state index in [-0.39, 0.29) is 17.6 Å². The predicted molar refractivity (Wildman–Crippen MR) is 95.7 cm³/mol. The van der Waals surface area contributed by atoms with Crippen molar-refractivity contribution < 1.29 is 14.3 Å².